The Morgan fingerprint density at radius 1 is 1.35 bits per heavy atom. The lowest BCUT2D eigenvalue weighted by Gasteiger charge is -2.44. The molecule has 0 saturated carbocycles. The number of aliphatic carboxylic acids is 1. The van der Waals surface area contributed by atoms with Gasteiger partial charge < -0.3 is 10.0 Å². The molecule has 1 unspecified atom stereocenters. The Labute approximate surface area is 119 Å². The fourth-order valence-electron chi connectivity index (χ4n) is 3.27. The van der Waals surface area contributed by atoms with Gasteiger partial charge in [0.1, 0.15) is 0 Å². The summed E-state index contributed by atoms with van der Waals surface area (Å²) in [7, 11) is 0. The molecule has 1 atom stereocenters. The Kier molecular flexibility index (Phi) is 4.12. The van der Waals surface area contributed by atoms with Crippen LogP contribution in [-0.4, -0.2) is 28.4 Å². The number of nitrogens with zero attached hydrogens (tertiary/aromatic N) is 1. The molecule has 1 aromatic carbocycles. The number of fused-ring (bicyclic) bond motifs is 1. The monoisotopic (exact) mass is 275 g/mol. The summed E-state index contributed by atoms with van der Waals surface area (Å²) in [5.41, 5.74) is 0.627. The van der Waals surface area contributed by atoms with E-state index in [0.29, 0.717) is 13.0 Å². The summed E-state index contributed by atoms with van der Waals surface area (Å²) in [6.45, 7) is 3.88. The number of aryl methyl sites for hydroxylation is 1. The highest BCUT2D eigenvalue weighted by Gasteiger charge is 2.49. The Bertz CT molecular complexity index is 526. The van der Waals surface area contributed by atoms with Gasteiger partial charge in [0, 0.05) is 13.5 Å². The third kappa shape index (κ3) is 2.19. The molecule has 108 valence electrons. The summed E-state index contributed by atoms with van der Waals surface area (Å²) < 4.78 is 0. The number of hydrogen-bond acceptors (Lipinski definition) is 2. The minimum atomic E-state index is -1.20. The van der Waals surface area contributed by atoms with Crippen LogP contribution in [0.1, 0.15) is 44.2 Å². The van der Waals surface area contributed by atoms with Gasteiger partial charge in [0.2, 0.25) is 5.91 Å². The minimum Gasteiger partial charge on any atom is -0.479 e. The Balaban J connectivity index is 2.62. The second-order valence-corrected chi connectivity index (χ2v) is 5.35. The highest BCUT2D eigenvalue weighted by molar-refractivity contribution is 5.88. The molecular weight excluding hydrogens is 254 g/mol. The van der Waals surface area contributed by atoms with Gasteiger partial charge in [-0.1, -0.05) is 31.2 Å². The van der Waals surface area contributed by atoms with Gasteiger partial charge in [0.15, 0.2) is 5.54 Å². The second kappa shape index (κ2) is 5.65. The van der Waals surface area contributed by atoms with Crippen molar-refractivity contribution in [1.82, 2.24) is 4.90 Å². The summed E-state index contributed by atoms with van der Waals surface area (Å²) in [6.07, 6.45) is 2.90. The van der Waals surface area contributed by atoms with Crippen molar-refractivity contribution in [3.8, 4) is 0 Å². The molecule has 4 heteroatoms. The van der Waals surface area contributed by atoms with Crippen molar-refractivity contribution in [2.75, 3.05) is 6.54 Å². The van der Waals surface area contributed by atoms with E-state index in [9.17, 15) is 14.7 Å². The summed E-state index contributed by atoms with van der Waals surface area (Å²) in [5, 5.41) is 9.89. The lowest BCUT2D eigenvalue weighted by molar-refractivity contribution is -0.161. The van der Waals surface area contributed by atoms with Gasteiger partial charge in [0.05, 0.1) is 0 Å². The molecule has 1 aromatic rings. The van der Waals surface area contributed by atoms with Gasteiger partial charge in [0.25, 0.3) is 0 Å². The number of carbonyl (C=O) groups excluding carboxylic acids is 1. The molecule has 0 aliphatic heterocycles. The highest BCUT2D eigenvalue weighted by Crippen LogP contribution is 2.40. The molecule has 0 heterocycles. The molecule has 0 bridgehead atoms. The van der Waals surface area contributed by atoms with Crippen molar-refractivity contribution in [2.24, 2.45) is 0 Å². The van der Waals surface area contributed by atoms with Gasteiger partial charge in [-0.25, -0.2) is 4.79 Å². The smallest absolute Gasteiger partial charge is 0.334 e. The third-order valence-corrected chi connectivity index (χ3v) is 4.09. The fourth-order valence-corrected chi connectivity index (χ4v) is 3.27. The van der Waals surface area contributed by atoms with Crippen molar-refractivity contribution >= 4 is 11.9 Å². The van der Waals surface area contributed by atoms with E-state index < -0.39 is 11.5 Å². The maximum Gasteiger partial charge on any atom is 0.334 e. The quantitative estimate of drug-likeness (QED) is 0.918. The molecule has 1 aliphatic rings. The van der Waals surface area contributed by atoms with Crippen molar-refractivity contribution in [1.29, 1.82) is 0 Å². The van der Waals surface area contributed by atoms with E-state index in [2.05, 4.69) is 0 Å². The van der Waals surface area contributed by atoms with Crippen molar-refractivity contribution in [2.45, 2.75) is 45.1 Å². The van der Waals surface area contributed by atoms with Crippen LogP contribution in [0.3, 0.4) is 0 Å². The van der Waals surface area contributed by atoms with Crippen molar-refractivity contribution < 1.29 is 14.7 Å². The molecule has 0 radical (unpaired) electrons. The van der Waals surface area contributed by atoms with Crippen LogP contribution in [-0.2, 0) is 21.5 Å². The zero-order valence-electron chi connectivity index (χ0n) is 12.1. The predicted octanol–water partition coefficient (Wildman–Crippen LogP) is 2.56. The number of rotatable bonds is 4. The maximum absolute atomic E-state index is 12.1. The Morgan fingerprint density at radius 3 is 2.65 bits per heavy atom. The van der Waals surface area contributed by atoms with Gasteiger partial charge in [-0.05, 0) is 36.8 Å². The first-order valence-electron chi connectivity index (χ1n) is 7.14. The lowest BCUT2D eigenvalue weighted by atomic mass is 9.75. The van der Waals surface area contributed by atoms with E-state index >= 15 is 0 Å². The van der Waals surface area contributed by atoms with E-state index in [-0.39, 0.29) is 5.91 Å². The summed E-state index contributed by atoms with van der Waals surface area (Å²) in [5.74, 6) is -1.10. The minimum absolute atomic E-state index is 0.175. The molecule has 20 heavy (non-hydrogen) atoms. The molecule has 1 amide bonds. The molecule has 0 aromatic heterocycles. The molecule has 1 aliphatic carbocycles. The maximum atomic E-state index is 12.1. The van der Waals surface area contributed by atoms with E-state index in [1.165, 1.54) is 11.8 Å². The van der Waals surface area contributed by atoms with Crippen LogP contribution in [0.15, 0.2) is 24.3 Å². The number of hydrogen-bond donors (Lipinski definition) is 1. The largest absolute Gasteiger partial charge is 0.479 e. The molecule has 0 saturated heterocycles. The average Bonchev–Trinajstić information content (AvgIpc) is 2.43. The number of carbonyl (C=O) groups is 2. The first-order chi connectivity index (χ1) is 9.54. The van der Waals surface area contributed by atoms with Gasteiger partial charge >= 0.3 is 5.97 Å². The third-order valence-electron chi connectivity index (χ3n) is 4.09. The molecule has 0 spiro atoms. The summed E-state index contributed by atoms with van der Waals surface area (Å²) >= 11 is 0. The van der Waals surface area contributed by atoms with Crippen molar-refractivity contribution in [3.05, 3.63) is 35.4 Å². The molecule has 1 N–H and O–H groups in total. The van der Waals surface area contributed by atoms with E-state index in [1.54, 1.807) is 0 Å². The number of carboxylic acid groups (broad SMARTS) is 1. The number of benzene rings is 1. The second-order valence-electron chi connectivity index (χ2n) is 5.35. The normalized spacial score (nSPS) is 21.1. The number of amides is 1. The van der Waals surface area contributed by atoms with Crippen LogP contribution >= 0.6 is 0 Å². The zero-order chi connectivity index (χ0) is 14.8. The van der Waals surface area contributed by atoms with Gasteiger partial charge in [-0.2, -0.15) is 0 Å². The van der Waals surface area contributed by atoms with Crippen molar-refractivity contribution in [3.63, 3.8) is 0 Å². The molecule has 2 rings (SSSR count). The predicted molar refractivity (Wildman–Crippen MR) is 76.4 cm³/mol. The van der Waals surface area contributed by atoms with Crippen LogP contribution in [0.5, 0.6) is 0 Å². The van der Waals surface area contributed by atoms with E-state index in [4.69, 9.17) is 0 Å². The standard InChI is InChI=1S/C16H21NO3/c1-3-11-17(12(2)18)16(15(19)20)10-6-8-13-7-4-5-9-14(13)16/h4-5,7,9H,3,6,8,10-11H2,1-2H3,(H,19,20). The Hall–Kier alpha value is -1.84. The molecule has 0 fully saturated rings. The van der Waals surface area contributed by atoms with Gasteiger partial charge in [-0.3, -0.25) is 4.79 Å². The van der Waals surface area contributed by atoms with Crippen LogP contribution in [0, 0.1) is 0 Å². The first kappa shape index (κ1) is 14.6. The fraction of sp³-hybridized carbons (Fsp3) is 0.500. The average molecular weight is 275 g/mol. The highest BCUT2D eigenvalue weighted by atomic mass is 16.4. The van der Waals surface area contributed by atoms with Gasteiger partial charge in [-0.15, -0.1) is 0 Å². The summed E-state index contributed by atoms with van der Waals surface area (Å²) in [4.78, 5) is 25.6. The lowest BCUT2D eigenvalue weighted by Crippen LogP contribution is -2.55. The topological polar surface area (TPSA) is 57.6 Å². The number of carboxylic acids is 1. The Morgan fingerprint density at radius 2 is 2.05 bits per heavy atom. The summed E-state index contributed by atoms with van der Waals surface area (Å²) in [6, 6.07) is 7.60. The van der Waals surface area contributed by atoms with Crippen LogP contribution < -0.4 is 0 Å². The first-order valence-corrected chi connectivity index (χ1v) is 7.14. The SMILES string of the molecule is CCCN(C(C)=O)C1(C(=O)O)CCCc2ccccc21. The van der Waals surface area contributed by atoms with Crippen LogP contribution in [0.25, 0.3) is 0 Å². The zero-order valence-corrected chi connectivity index (χ0v) is 12.1. The molecule has 4 nitrogen and oxygen atoms in total. The van der Waals surface area contributed by atoms with E-state index in [1.807, 2.05) is 31.2 Å². The van der Waals surface area contributed by atoms with Crippen LogP contribution in [0.4, 0.5) is 0 Å². The molecular formula is C16H21NO3. The van der Waals surface area contributed by atoms with Crippen LogP contribution in [0.2, 0.25) is 0 Å². The van der Waals surface area contributed by atoms with E-state index in [0.717, 1.165) is 30.4 Å².